The Morgan fingerprint density at radius 1 is 1.26 bits per heavy atom. The van der Waals surface area contributed by atoms with Crippen LogP contribution in [0.2, 0.25) is 0 Å². The van der Waals surface area contributed by atoms with Crippen LogP contribution >= 0.6 is 0 Å². The average molecular weight is 488 g/mol. The van der Waals surface area contributed by atoms with Gasteiger partial charge in [-0.2, -0.15) is 0 Å². The number of aliphatic hydroxyl groups is 1. The number of hydrogen-bond acceptors (Lipinski definition) is 6. The number of amidine groups is 4. The van der Waals surface area contributed by atoms with Crippen molar-refractivity contribution in [2.45, 2.75) is 90.2 Å². The molecule has 0 bridgehead atoms. The van der Waals surface area contributed by atoms with Crippen LogP contribution in [0.25, 0.3) is 0 Å². The molecule has 2 saturated carbocycles. The highest BCUT2D eigenvalue weighted by atomic mass is 16.4. The van der Waals surface area contributed by atoms with E-state index >= 15 is 0 Å². The van der Waals surface area contributed by atoms with Gasteiger partial charge in [-0.25, -0.2) is 14.8 Å². The number of aliphatic imine (C=N–C) groups is 3. The predicted octanol–water partition coefficient (Wildman–Crippen LogP) is 3.73. The molecule has 0 aromatic rings. The van der Waals surface area contributed by atoms with Gasteiger partial charge in [-0.15, -0.1) is 0 Å². The Morgan fingerprint density at radius 3 is 2.49 bits per heavy atom. The van der Waals surface area contributed by atoms with Crippen LogP contribution in [0.4, 0.5) is 4.79 Å². The maximum Gasteiger partial charge on any atom is 0.410 e. The van der Waals surface area contributed by atoms with Gasteiger partial charge in [0.2, 0.25) is 0 Å². The van der Waals surface area contributed by atoms with Crippen molar-refractivity contribution in [3.05, 3.63) is 11.9 Å². The van der Waals surface area contributed by atoms with Gasteiger partial charge < -0.3 is 20.4 Å². The molecule has 5 N–H and O–H groups in total. The van der Waals surface area contributed by atoms with Crippen LogP contribution in [0.1, 0.15) is 78.6 Å². The summed E-state index contributed by atoms with van der Waals surface area (Å²) in [5, 5.41) is 33.2. The normalized spacial score (nSPS) is 23.3. The minimum absolute atomic E-state index is 0.0498. The Labute approximate surface area is 208 Å². The van der Waals surface area contributed by atoms with Gasteiger partial charge in [0, 0.05) is 32.3 Å². The fourth-order valence-corrected chi connectivity index (χ4v) is 4.85. The van der Waals surface area contributed by atoms with Gasteiger partial charge in [0.25, 0.3) is 0 Å². The van der Waals surface area contributed by atoms with Gasteiger partial charge in [-0.3, -0.25) is 15.7 Å². The maximum atomic E-state index is 11.0. The SMILES string of the molecule is C\N=C(/N=C1/N=C(CC(C)(C)O)N(CC2CCCCC2)/C1=C\N[C@H](C)C1CCC1)C(=N)NC(=O)O. The summed E-state index contributed by atoms with van der Waals surface area (Å²) in [6.45, 7) is 6.48. The monoisotopic (exact) mass is 487 g/mol. The van der Waals surface area contributed by atoms with E-state index in [0.29, 0.717) is 30.1 Å². The van der Waals surface area contributed by atoms with Crippen LogP contribution in [0.5, 0.6) is 0 Å². The smallest absolute Gasteiger partial charge is 0.410 e. The van der Waals surface area contributed by atoms with Crippen molar-refractivity contribution in [3.63, 3.8) is 0 Å². The van der Waals surface area contributed by atoms with Crippen LogP contribution < -0.4 is 10.6 Å². The molecule has 194 valence electrons. The van der Waals surface area contributed by atoms with E-state index in [4.69, 9.17) is 15.5 Å². The average Bonchev–Trinajstić information content (AvgIpc) is 3.03. The molecule has 3 rings (SSSR count). The van der Waals surface area contributed by atoms with E-state index in [1.165, 1.54) is 45.6 Å². The Hall–Kier alpha value is -2.75. The maximum absolute atomic E-state index is 11.0. The first kappa shape index (κ1) is 26.8. The second-order valence-corrected chi connectivity index (χ2v) is 10.6. The first-order valence-electron chi connectivity index (χ1n) is 12.8. The molecule has 0 saturated heterocycles. The van der Waals surface area contributed by atoms with Gasteiger partial charge in [0.1, 0.15) is 11.5 Å². The fraction of sp³-hybridized carbons (Fsp3) is 0.720. The quantitative estimate of drug-likeness (QED) is 0.274. The topological polar surface area (TPSA) is 146 Å². The number of carboxylic acid groups (broad SMARTS) is 1. The highest BCUT2D eigenvalue weighted by Crippen LogP contribution is 2.31. The molecule has 0 aromatic heterocycles. The summed E-state index contributed by atoms with van der Waals surface area (Å²) in [6, 6.07) is 0.304. The molecule has 1 heterocycles. The van der Waals surface area contributed by atoms with Crippen molar-refractivity contribution < 1.29 is 15.0 Å². The summed E-state index contributed by atoms with van der Waals surface area (Å²) in [5.74, 6) is 1.79. The molecule has 10 nitrogen and oxygen atoms in total. The van der Waals surface area contributed by atoms with Gasteiger partial charge in [-0.05, 0) is 58.3 Å². The van der Waals surface area contributed by atoms with Crippen LogP contribution in [0.15, 0.2) is 26.9 Å². The molecule has 10 heteroatoms. The van der Waals surface area contributed by atoms with Crippen LogP contribution in [-0.2, 0) is 0 Å². The van der Waals surface area contributed by atoms with Crippen molar-refractivity contribution >= 4 is 29.4 Å². The zero-order valence-corrected chi connectivity index (χ0v) is 21.5. The predicted molar refractivity (Wildman–Crippen MR) is 139 cm³/mol. The molecule has 0 radical (unpaired) electrons. The molecule has 1 atom stereocenters. The van der Waals surface area contributed by atoms with Crippen molar-refractivity contribution in [1.29, 1.82) is 5.41 Å². The van der Waals surface area contributed by atoms with Gasteiger partial charge in [0.05, 0.1) is 5.60 Å². The Kier molecular flexibility index (Phi) is 9.04. The lowest BCUT2D eigenvalue weighted by Gasteiger charge is -2.33. The highest BCUT2D eigenvalue weighted by molar-refractivity contribution is 6.43. The Balaban J connectivity index is 1.96. The molecule has 3 aliphatic rings. The molecular formula is C25H41N7O3. The van der Waals surface area contributed by atoms with Crippen LogP contribution in [-0.4, -0.2) is 69.8 Å². The van der Waals surface area contributed by atoms with E-state index < -0.39 is 17.5 Å². The first-order chi connectivity index (χ1) is 16.6. The minimum Gasteiger partial charge on any atom is -0.465 e. The van der Waals surface area contributed by atoms with Crippen LogP contribution in [0, 0.1) is 17.2 Å². The number of nitrogens with one attached hydrogen (secondary N) is 3. The largest absolute Gasteiger partial charge is 0.465 e. The first-order valence-corrected chi connectivity index (χ1v) is 12.8. The second-order valence-electron chi connectivity index (χ2n) is 10.6. The highest BCUT2D eigenvalue weighted by Gasteiger charge is 2.34. The molecule has 2 fully saturated rings. The Bertz CT molecular complexity index is 907. The molecule has 35 heavy (non-hydrogen) atoms. The lowest BCUT2D eigenvalue weighted by molar-refractivity contribution is 0.0858. The molecule has 2 aliphatic carbocycles. The standard InChI is InChI=1S/C25H41N7O3/c1-16(18-11-8-12-18)28-14-19-22(31-23(27-4)21(26)30-24(33)34)29-20(13-25(2,3)35)32(19)15-17-9-6-5-7-10-17/h14,16-18,28,35H,5-13,15H2,1-4H3,(H2,26,30)(H,33,34)/b19-14-,27-23-,31-22+/t16-/m1/s1. The van der Waals surface area contributed by atoms with Crippen molar-refractivity contribution in [3.8, 4) is 0 Å². The van der Waals surface area contributed by atoms with Gasteiger partial charge in [0.15, 0.2) is 17.5 Å². The third-order valence-electron chi connectivity index (χ3n) is 7.04. The summed E-state index contributed by atoms with van der Waals surface area (Å²) < 4.78 is 0. The van der Waals surface area contributed by atoms with E-state index in [2.05, 4.69) is 27.1 Å². The Morgan fingerprint density at radius 2 is 1.94 bits per heavy atom. The number of amides is 1. The van der Waals surface area contributed by atoms with E-state index in [1.807, 2.05) is 11.5 Å². The van der Waals surface area contributed by atoms with Crippen molar-refractivity contribution in [1.82, 2.24) is 15.5 Å². The molecular weight excluding hydrogens is 446 g/mol. The number of nitrogens with zero attached hydrogens (tertiary/aromatic N) is 4. The fourth-order valence-electron chi connectivity index (χ4n) is 4.85. The zero-order chi connectivity index (χ0) is 25.6. The van der Waals surface area contributed by atoms with E-state index in [-0.39, 0.29) is 5.84 Å². The van der Waals surface area contributed by atoms with Gasteiger partial charge in [-0.1, -0.05) is 25.7 Å². The molecule has 1 amide bonds. The summed E-state index contributed by atoms with van der Waals surface area (Å²) in [4.78, 5) is 26.5. The molecule has 1 aliphatic heterocycles. The molecule has 0 spiro atoms. The summed E-state index contributed by atoms with van der Waals surface area (Å²) in [5.41, 5.74) is -0.193. The summed E-state index contributed by atoms with van der Waals surface area (Å²) in [6.07, 6.45) is 10.7. The van der Waals surface area contributed by atoms with Crippen molar-refractivity contribution in [2.24, 2.45) is 26.8 Å². The zero-order valence-electron chi connectivity index (χ0n) is 21.5. The lowest BCUT2D eigenvalue weighted by Crippen LogP contribution is -2.39. The summed E-state index contributed by atoms with van der Waals surface area (Å²) >= 11 is 0. The van der Waals surface area contributed by atoms with Crippen LogP contribution in [0.3, 0.4) is 0 Å². The third-order valence-corrected chi connectivity index (χ3v) is 7.04. The molecule has 0 unspecified atom stereocenters. The number of hydrogen-bond donors (Lipinski definition) is 5. The third kappa shape index (κ3) is 7.62. The summed E-state index contributed by atoms with van der Waals surface area (Å²) in [7, 11) is 1.47. The van der Waals surface area contributed by atoms with E-state index in [9.17, 15) is 9.90 Å². The molecule has 0 aromatic carbocycles. The van der Waals surface area contributed by atoms with Gasteiger partial charge >= 0.3 is 6.09 Å². The second kappa shape index (κ2) is 11.8. The number of rotatable bonds is 7. The van der Waals surface area contributed by atoms with E-state index in [0.717, 1.165) is 30.9 Å². The minimum atomic E-state index is -1.35. The lowest BCUT2D eigenvalue weighted by atomic mass is 9.80. The van der Waals surface area contributed by atoms with Crippen molar-refractivity contribution in [2.75, 3.05) is 13.6 Å². The van der Waals surface area contributed by atoms with E-state index in [1.54, 1.807) is 13.8 Å². The number of carbonyl (C=O) groups is 1.